The van der Waals surface area contributed by atoms with Gasteiger partial charge in [-0.3, -0.25) is 9.59 Å². The van der Waals surface area contributed by atoms with E-state index in [2.05, 4.69) is 9.47 Å². The number of methoxy groups -OCH3 is 2. The Morgan fingerprint density at radius 2 is 2.00 bits per heavy atom. The van der Waals surface area contributed by atoms with Crippen molar-refractivity contribution in [1.29, 1.82) is 0 Å². The first kappa shape index (κ1) is 12.4. The molecular formula is C10H12O6. The van der Waals surface area contributed by atoms with Crippen LogP contribution in [0, 0.1) is 5.92 Å². The zero-order valence-corrected chi connectivity index (χ0v) is 8.93. The van der Waals surface area contributed by atoms with Gasteiger partial charge in [0.15, 0.2) is 5.78 Å². The van der Waals surface area contributed by atoms with Gasteiger partial charge in [-0.1, -0.05) is 0 Å². The molecule has 0 heterocycles. The highest BCUT2D eigenvalue weighted by atomic mass is 16.5. The number of carbonyl (C=O) groups excluding carboxylic acids is 3. The fourth-order valence-corrected chi connectivity index (χ4v) is 1.48. The van der Waals surface area contributed by atoms with Gasteiger partial charge < -0.3 is 14.6 Å². The van der Waals surface area contributed by atoms with Crippen LogP contribution in [0.1, 0.15) is 6.42 Å². The summed E-state index contributed by atoms with van der Waals surface area (Å²) in [5, 5.41) is 9.57. The van der Waals surface area contributed by atoms with E-state index in [0.29, 0.717) is 0 Å². The molecule has 0 aromatic heterocycles. The van der Waals surface area contributed by atoms with E-state index in [9.17, 15) is 19.5 Å². The number of ketones is 1. The van der Waals surface area contributed by atoms with Gasteiger partial charge in [-0.25, -0.2) is 4.79 Å². The average Bonchev–Trinajstić information content (AvgIpc) is 2.29. The minimum absolute atomic E-state index is 0.132. The predicted octanol–water partition coefficient (Wildman–Crippen LogP) is -0.791. The summed E-state index contributed by atoms with van der Waals surface area (Å²) < 4.78 is 8.81. The van der Waals surface area contributed by atoms with Crippen molar-refractivity contribution in [3.05, 3.63) is 11.6 Å². The van der Waals surface area contributed by atoms with Crippen molar-refractivity contribution in [3.63, 3.8) is 0 Å². The maximum absolute atomic E-state index is 11.5. The summed E-state index contributed by atoms with van der Waals surface area (Å²) >= 11 is 0. The summed E-state index contributed by atoms with van der Waals surface area (Å²) in [5.41, 5.74) is -0.132. The summed E-state index contributed by atoms with van der Waals surface area (Å²) in [6.45, 7) is 0. The quantitative estimate of drug-likeness (QED) is 0.492. The van der Waals surface area contributed by atoms with Gasteiger partial charge in [0.2, 0.25) is 0 Å². The van der Waals surface area contributed by atoms with Crippen molar-refractivity contribution in [2.45, 2.75) is 12.5 Å². The third-order valence-electron chi connectivity index (χ3n) is 2.37. The number of hydrogen-bond acceptors (Lipinski definition) is 6. The van der Waals surface area contributed by atoms with Crippen LogP contribution in [0.5, 0.6) is 0 Å². The Bertz CT molecular complexity index is 356. The van der Waals surface area contributed by atoms with Crippen molar-refractivity contribution < 1.29 is 29.0 Å². The molecule has 16 heavy (non-hydrogen) atoms. The van der Waals surface area contributed by atoms with Gasteiger partial charge in [0, 0.05) is 0 Å². The number of esters is 2. The van der Waals surface area contributed by atoms with Gasteiger partial charge in [-0.15, -0.1) is 0 Å². The van der Waals surface area contributed by atoms with Gasteiger partial charge in [-0.05, 0) is 12.5 Å². The van der Waals surface area contributed by atoms with Crippen molar-refractivity contribution in [3.8, 4) is 0 Å². The Kier molecular flexibility index (Phi) is 3.78. The molecule has 2 atom stereocenters. The maximum Gasteiger partial charge on any atom is 0.336 e. The van der Waals surface area contributed by atoms with Gasteiger partial charge in [-0.2, -0.15) is 0 Å². The normalized spacial score (nSPS) is 24.7. The van der Waals surface area contributed by atoms with Crippen LogP contribution >= 0.6 is 0 Å². The second kappa shape index (κ2) is 4.89. The van der Waals surface area contributed by atoms with Crippen LogP contribution in [-0.2, 0) is 23.9 Å². The molecule has 2 unspecified atom stereocenters. The van der Waals surface area contributed by atoms with E-state index < -0.39 is 29.7 Å². The first-order valence-corrected chi connectivity index (χ1v) is 4.61. The van der Waals surface area contributed by atoms with Gasteiger partial charge in [0.05, 0.1) is 25.9 Å². The van der Waals surface area contributed by atoms with E-state index in [0.717, 1.165) is 20.3 Å². The van der Waals surface area contributed by atoms with E-state index >= 15 is 0 Å². The number of aliphatic hydroxyl groups is 1. The molecule has 0 saturated heterocycles. The largest absolute Gasteiger partial charge is 0.468 e. The minimum atomic E-state index is -1.19. The molecule has 1 aliphatic rings. The standard InChI is InChI=1S/C10H12O6/c1-15-9(13)5-3-8(12)6(4-7(5)11)10(14)16-2/h3,6-7,11H,4H2,1-2H3. The Hall–Kier alpha value is -1.69. The Labute approximate surface area is 91.8 Å². The van der Waals surface area contributed by atoms with Crippen LogP contribution in [0.15, 0.2) is 11.6 Å². The van der Waals surface area contributed by atoms with Crippen molar-refractivity contribution in [2.24, 2.45) is 5.92 Å². The minimum Gasteiger partial charge on any atom is -0.468 e. The summed E-state index contributed by atoms with van der Waals surface area (Å²) in [6, 6.07) is 0. The third kappa shape index (κ3) is 2.27. The number of allylic oxidation sites excluding steroid dienone is 1. The Balaban J connectivity index is 2.93. The second-order valence-electron chi connectivity index (χ2n) is 3.32. The van der Waals surface area contributed by atoms with Crippen LogP contribution in [0.4, 0.5) is 0 Å². The molecule has 1 rings (SSSR count). The molecule has 0 saturated carbocycles. The first-order chi connectivity index (χ1) is 7.51. The molecule has 0 aliphatic heterocycles. The smallest absolute Gasteiger partial charge is 0.336 e. The number of ether oxygens (including phenoxy) is 2. The molecule has 0 aromatic rings. The monoisotopic (exact) mass is 228 g/mol. The number of hydrogen-bond donors (Lipinski definition) is 1. The molecule has 0 radical (unpaired) electrons. The molecule has 6 nitrogen and oxygen atoms in total. The molecule has 0 amide bonds. The molecule has 6 heteroatoms. The lowest BCUT2D eigenvalue weighted by Gasteiger charge is -2.22. The lowest BCUT2D eigenvalue weighted by Crippen LogP contribution is -2.35. The summed E-state index contributed by atoms with van der Waals surface area (Å²) in [7, 11) is 2.30. The molecular weight excluding hydrogens is 216 g/mol. The van der Waals surface area contributed by atoms with Gasteiger partial charge in [0.1, 0.15) is 5.92 Å². The molecule has 0 spiro atoms. The second-order valence-corrected chi connectivity index (χ2v) is 3.32. The fourth-order valence-electron chi connectivity index (χ4n) is 1.48. The van der Waals surface area contributed by atoms with Gasteiger partial charge >= 0.3 is 11.9 Å². The summed E-state index contributed by atoms with van der Waals surface area (Å²) in [5.74, 6) is -3.10. The third-order valence-corrected chi connectivity index (χ3v) is 2.37. The predicted molar refractivity (Wildman–Crippen MR) is 51.2 cm³/mol. The maximum atomic E-state index is 11.5. The SMILES string of the molecule is COC(=O)C1=CC(=O)C(C(=O)OC)CC1O. The first-order valence-electron chi connectivity index (χ1n) is 4.61. The molecule has 1 N–H and O–H groups in total. The van der Waals surface area contributed by atoms with E-state index in [-0.39, 0.29) is 12.0 Å². The van der Waals surface area contributed by atoms with Crippen LogP contribution in [0.3, 0.4) is 0 Å². The van der Waals surface area contributed by atoms with Crippen molar-refractivity contribution in [1.82, 2.24) is 0 Å². The van der Waals surface area contributed by atoms with Crippen LogP contribution in [0.25, 0.3) is 0 Å². The molecule has 0 fully saturated rings. The van der Waals surface area contributed by atoms with E-state index in [1.807, 2.05) is 0 Å². The van der Waals surface area contributed by atoms with Gasteiger partial charge in [0.25, 0.3) is 0 Å². The summed E-state index contributed by atoms with van der Waals surface area (Å²) in [6.07, 6.45) is -0.414. The topological polar surface area (TPSA) is 89.9 Å². The molecule has 0 aromatic carbocycles. The highest BCUT2D eigenvalue weighted by Crippen LogP contribution is 2.23. The lowest BCUT2D eigenvalue weighted by atomic mass is 9.86. The van der Waals surface area contributed by atoms with E-state index in [1.54, 1.807) is 0 Å². The van der Waals surface area contributed by atoms with Crippen LogP contribution in [0.2, 0.25) is 0 Å². The van der Waals surface area contributed by atoms with E-state index in [4.69, 9.17) is 0 Å². The number of carbonyl (C=O) groups is 3. The number of aliphatic hydroxyl groups excluding tert-OH is 1. The lowest BCUT2D eigenvalue weighted by molar-refractivity contribution is -0.151. The average molecular weight is 228 g/mol. The van der Waals surface area contributed by atoms with Crippen molar-refractivity contribution in [2.75, 3.05) is 14.2 Å². The van der Waals surface area contributed by atoms with Crippen molar-refractivity contribution >= 4 is 17.7 Å². The zero-order chi connectivity index (χ0) is 12.3. The molecule has 0 bridgehead atoms. The Morgan fingerprint density at radius 1 is 1.38 bits per heavy atom. The fraction of sp³-hybridized carbons (Fsp3) is 0.500. The van der Waals surface area contributed by atoms with E-state index in [1.165, 1.54) is 0 Å². The highest BCUT2D eigenvalue weighted by molar-refractivity contribution is 6.10. The molecule has 88 valence electrons. The zero-order valence-electron chi connectivity index (χ0n) is 8.93. The number of rotatable bonds is 2. The highest BCUT2D eigenvalue weighted by Gasteiger charge is 2.37. The Morgan fingerprint density at radius 3 is 2.50 bits per heavy atom. The summed E-state index contributed by atoms with van der Waals surface area (Å²) in [4.78, 5) is 33.8. The van der Waals surface area contributed by atoms with Crippen LogP contribution < -0.4 is 0 Å². The molecule has 1 aliphatic carbocycles. The van der Waals surface area contributed by atoms with Crippen LogP contribution in [-0.4, -0.2) is 43.2 Å².